The first-order valence-corrected chi connectivity index (χ1v) is 4.39. The maximum Gasteiger partial charge on any atom is 0.210 e. The van der Waals surface area contributed by atoms with E-state index in [0.717, 1.165) is 12.0 Å². The zero-order chi connectivity index (χ0) is 9.10. The fourth-order valence-corrected chi connectivity index (χ4v) is 1.38. The molecule has 1 heterocycles. The Morgan fingerprint density at radius 3 is 2.62 bits per heavy atom. The first-order chi connectivity index (χ1) is 6.36. The summed E-state index contributed by atoms with van der Waals surface area (Å²) in [6.07, 6.45) is 11.4. The average molecular weight is 170 g/mol. The van der Waals surface area contributed by atoms with Crippen LogP contribution in [0.2, 0.25) is 0 Å². The molecular formula is C12H12N+. The van der Waals surface area contributed by atoms with Gasteiger partial charge in [0, 0.05) is 24.3 Å². The van der Waals surface area contributed by atoms with Crippen molar-refractivity contribution < 1.29 is 4.57 Å². The highest BCUT2D eigenvalue weighted by molar-refractivity contribution is 5.55. The van der Waals surface area contributed by atoms with Crippen molar-refractivity contribution in [3.05, 3.63) is 61.0 Å². The molecule has 1 aromatic heterocycles. The van der Waals surface area contributed by atoms with Crippen molar-refractivity contribution in [2.75, 3.05) is 0 Å². The first kappa shape index (κ1) is 7.99. The summed E-state index contributed by atoms with van der Waals surface area (Å²) in [6.45, 7) is 3.95. The monoisotopic (exact) mass is 170 g/mol. The number of pyridine rings is 1. The summed E-state index contributed by atoms with van der Waals surface area (Å²) in [6, 6.07) is 6.05. The SMILES string of the molecule is C=C1C=C([n+]2ccccc2)C=CC1. The summed E-state index contributed by atoms with van der Waals surface area (Å²) in [5.74, 6) is 0. The third-order valence-corrected chi connectivity index (χ3v) is 2.03. The zero-order valence-electron chi connectivity index (χ0n) is 7.48. The van der Waals surface area contributed by atoms with Gasteiger partial charge in [0.25, 0.3) is 0 Å². The third kappa shape index (κ3) is 1.75. The number of hydrogen-bond donors (Lipinski definition) is 0. The molecule has 0 amide bonds. The molecule has 0 N–H and O–H groups in total. The summed E-state index contributed by atoms with van der Waals surface area (Å²) >= 11 is 0. The minimum absolute atomic E-state index is 0.969. The van der Waals surface area contributed by atoms with Crippen LogP contribution in [0.25, 0.3) is 5.70 Å². The Bertz CT molecular complexity index is 371. The predicted octanol–water partition coefficient (Wildman–Crippen LogP) is 2.33. The van der Waals surface area contributed by atoms with Gasteiger partial charge in [-0.05, 0) is 12.0 Å². The van der Waals surface area contributed by atoms with E-state index in [4.69, 9.17) is 0 Å². The second kappa shape index (κ2) is 3.40. The molecule has 0 atom stereocenters. The van der Waals surface area contributed by atoms with Gasteiger partial charge in [-0.1, -0.05) is 18.7 Å². The van der Waals surface area contributed by atoms with E-state index >= 15 is 0 Å². The highest BCUT2D eigenvalue weighted by Gasteiger charge is 2.08. The average Bonchev–Trinajstić information content (AvgIpc) is 2.19. The van der Waals surface area contributed by atoms with E-state index in [-0.39, 0.29) is 0 Å². The summed E-state index contributed by atoms with van der Waals surface area (Å²) in [4.78, 5) is 0. The Kier molecular flexibility index (Phi) is 2.09. The molecule has 1 aromatic rings. The van der Waals surface area contributed by atoms with Gasteiger partial charge in [-0.2, -0.15) is 4.57 Å². The molecular weight excluding hydrogens is 158 g/mol. The fourth-order valence-electron chi connectivity index (χ4n) is 1.38. The van der Waals surface area contributed by atoms with Crippen molar-refractivity contribution in [3.8, 4) is 0 Å². The standard InChI is InChI=1S/C12H12N/c1-11-6-5-7-12(10-11)13-8-3-2-4-9-13/h2-5,7-10H,1,6H2/q+1. The number of hydrogen-bond acceptors (Lipinski definition) is 0. The van der Waals surface area contributed by atoms with Crippen LogP contribution >= 0.6 is 0 Å². The molecule has 0 aromatic carbocycles. The lowest BCUT2D eigenvalue weighted by atomic mass is 10.1. The maximum absolute atomic E-state index is 3.95. The Morgan fingerprint density at radius 1 is 1.15 bits per heavy atom. The molecule has 13 heavy (non-hydrogen) atoms. The lowest BCUT2D eigenvalue weighted by Gasteiger charge is -2.02. The number of rotatable bonds is 1. The van der Waals surface area contributed by atoms with Crippen LogP contribution in [0.1, 0.15) is 6.42 Å². The molecule has 1 aliphatic rings. The maximum atomic E-state index is 3.95. The largest absolute Gasteiger partial charge is 0.210 e. The molecule has 1 heteroatoms. The van der Waals surface area contributed by atoms with Crippen LogP contribution in [-0.4, -0.2) is 0 Å². The molecule has 1 aliphatic carbocycles. The van der Waals surface area contributed by atoms with Crippen LogP contribution in [0, 0.1) is 0 Å². The van der Waals surface area contributed by atoms with Crippen molar-refractivity contribution in [3.63, 3.8) is 0 Å². The van der Waals surface area contributed by atoms with E-state index in [1.165, 1.54) is 5.70 Å². The van der Waals surface area contributed by atoms with Gasteiger partial charge >= 0.3 is 0 Å². The first-order valence-electron chi connectivity index (χ1n) is 4.39. The molecule has 0 aliphatic heterocycles. The van der Waals surface area contributed by atoms with E-state index < -0.39 is 0 Å². The van der Waals surface area contributed by atoms with E-state index in [1.807, 2.05) is 30.6 Å². The molecule has 1 nitrogen and oxygen atoms in total. The number of allylic oxidation sites excluding steroid dienone is 5. The minimum Gasteiger partial charge on any atom is -0.167 e. The highest BCUT2D eigenvalue weighted by Crippen LogP contribution is 2.12. The quantitative estimate of drug-likeness (QED) is 0.569. The molecule has 0 saturated heterocycles. The molecule has 0 radical (unpaired) electrons. The second-order valence-electron chi connectivity index (χ2n) is 3.12. The van der Waals surface area contributed by atoms with Crippen LogP contribution in [0.3, 0.4) is 0 Å². The van der Waals surface area contributed by atoms with Gasteiger partial charge in [0.1, 0.15) is 0 Å². The van der Waals surface area contributed by atoms with Gasteiger partial charge in [0.15, 0.2) is 12.4 Å². The lowest BCUT2D eigenvalue weighted by Crippen LogP contribution is -2.30. The van der Waals surface area contributed by atoms with Crippen LogP contribution in [-0.2, 0) is 0 Å². The molecule has 64 valence electrons. The Hall–Kier alpha value is -1.63. The van der Waals surface area contributed by atoms with E-state index in [1.54, 1.807) is 0 Å². The van der Waals surface area contributed by atoms with Gasteiger partial charge < -0.3 is 0 Å². The van der Waals surface area contributed by atoms with Crippen LogP contribution < -0.4 is 4.57 Å². The van der Waals surface area contributed by atoms with Gasteiger partial charge in [-0.3, -0.25) is 0 Å². The highest BCUT2D eigenvalue weighted by atomic mass is 14.9. The van der Waals surface area contributed by atoms with Crippen molar-refractivity contribution >= 4 is 5.70 Å². The summed E-state index contributed by atoms with van der Waals surface area (Å²) in [5, 5.41) is 0. The normalized spacial score (nSPS) is 15.7. The number of nitrogens with zero attached hydrogens (tertiary/aromatic N) is 1. The molecule has 0 bridgehead atoms. The summed E-state index contributed by atoms with van der Waals surface area (Å²) in [7, 11) is 0. The topological polar surface area (TPSA) is 3.88 Å². The van der Waals surface area contributed by atoms with Gasteiger partial charge in [0.2, 0.25) is 5.70 Å². The fraction of sp³-hybridized carbons (Fsp3) is 0.0833. The van der Waals surface area contributed by atoms with Crippen LogP contribution in [0.4, 0.5) is 0 Å². The van der Waals surface area contributed by atoms with Gasteiger partial charge in [0.05, 0.1) is 0 Å². The van der Waals surface area contributed by atoms with Crippen molar-refractivity contribution in [2.45, 2.75) is 6.42 Å². The molecule has 0 spiro atoms. The van der Waals surface area contributed by atoms with E-state index in [0.29, 0.717) is 0 Å². The Morgan fingerprint density at radius 2 is 1.92 bits per heavy atom. The Balaban J connectivity index is 2.37. The molecule has 0 unspecified atom stereocenters. The third-order valence-electron chi connectivity index (χ3n) is 2.03. The predicted molar refractivity (Wildman–Crippen MR) is 53.8 cm³/mol. The summed E-state index contributed by atoms with van der Waals surface area (Å²) in [5.41, 5.74) is 2.34. The van der Waals surface area contributed by atoms with E-state index in [2.05, 4.69) is 29.4 Å². The van der Waals surface area contributed by atoms with Crippen LogP contribution in [0.5, 0.6) is 0 Å². The smallest absolute Gasteiger partial charge is 0.167 e. The molecule has 0 saturated carbocycles. The van der Waals surface area contributed by atoms with Crippen molar-refractivity contribution in [1.82, 2.24) is 0 Å². The Labute approximate surface area is 78.3 Å². The lowest BCUT2D eigenvalue weighted by molar-refractivity contribution is -0.578. The van der Waals surface area contributed by atoms with Gasteiger partial charge in [-0.25, -0.2) is 0 Å². The van der Waals surface area contributed by atoms with Crippen molar-refractivity contribution in [1.29, 1.82) is 0 Å². The number of aromatic nitrogens is 1. The van der Waals surface area contributed by atoms with Crippen molar-refractivity contribution in [2.24, 2.45) is 0 Å². The summed E-state index contributed by atoms with van der Waals surface area (Å²) < 4.78 is 2.08. The second-order valence-corrected chi connectivity index (χ2v) is 3.12. The van der Waals surface area contributed by atoms with Crippen LogP contribution in [0.15, 0.2) is 61.0 Å². The van der Waals surface area contributed by atoms with Gasteiger partial charge in [-0.15, -0.1) is 0 Å². The molecule has 0 fully saturated rings. The zero-order valence-corrected chi connectivity index (χ0v) is 7.48. The van der Waals surface area contributed by atoms with E-state index in [9.17, 15) is 0 Å². The minimum atomic E-state index is 0.969. The molecule has 2 rings (SSSR count).